The van der Waals surface area contributed by atoms with Crippen molar-refractivity contribution < 1.29 is 35.9 Å². The van der Waals surface area contributed by atoms with Gasteiger partial charge in [-0.1, -0.05) is 62.4 Å². The van der Waals surface area contributed by atoms with Crippen molar-refractivity contribution in [1.82, 2.24) is 10.0 Å². The number of hydrogen-bond acceptors (Lipinski definition) is 7. The molecule has 3 aromatic rings. The number of carboxylic acid groups (broad SMARTS) is 1. The van der Waals surface area contributed by atoms with Crippen LogP contribution in [-0.4, -0.2) is 57.0 Å². The van der Waals surface area contributed by atoms with Crippen LogP contribution in [0.3, 0.4) is 0 Å². The molecule has 0 radical (unpaired) electrons. The summed E-state index contributed by atoms with van der Waals surface area (Å²) in [7, 11) is -8.07. The first kappa shape index (κ1) is 30.5. The summed E-state index contributed by atoms with van der Waals surface area (Å²) in [5.41, 5.74) is 2.57. The number of nitrogens with one attached hydrogen (secondary N) is 2. The Balaban J connectivity index is 1.55. The molecule has 1 saturated heterocycles. The molecule has 0 spiro atoms. The first-order valence-electron chi connectivity index (χ1n) is 13.8. The molecule has 2 aromatic carbocycles. The highest BCUT2D eigenvalue weighted by molar-refractivity contribution is 7.93. The van der Waals surface area contributed by atoms with Crippen LogP contribution in [0, 0.1) is 12.8 Å². The predicted molar refractivity (Wildman–Crippen MR) is 163 cm³/mol. The molecule has 13 heteroatoms. The van der Waals surface area contributed by atoms with E-state index in [0.717, 1.165) is 11.1 Å². The second-order valence-electron chi connectivity index (χ2n) is 11.0. The van der Waals surface area contributed by atoms with Crippen molar-refractivity contribution in [1.29, 1.82) is 0 Å². The molecule has 0 bridgehead atoms. The van der Waals surface area contributed by atoms with Crippen LogP contribution in [0.4, 0.5) is 5.69 Å². The molecule has 2 aliphatic rings. The van der Waals surface area contributed by atoms with Crippen LogP contribution in [0.2, 0.25) is 0 Å². The van der Waals surface area contributed by atoms with Crippen LogP contribution in [0.5, 0.6) is 0 Å². The number of carbonyl (C=O) groups is 2. The molecule has 1 aliphatic heterocycles. The average Bonchev–Trinajstić information content (AvgIpc) is 3.50. The Morgan fingerprint density at radius 3 is 2.40 bits per heavy atom. The monoisotopic (exact) mass is 627 g/mol. The van der Waals surface area contributed by atoms with E-state index in [4.69, 9.17) is 4.42 Å². The number of anilines is 1. The number of aliphatic carboxylic acids is 1. The Bertz CT molecular complexity index is 1860. The topological polar surface area (TPSA) is 163 Å². The van der Waals surface area contributed by atoms with Crippen LogP contribution in [0.25, 0.3) is 16.5 Å². The van der Waals surface area contributed by atoms with E-state index in [-0.39, 0.29) is 23.5 Å². The molecule has 43 heavy (non-hydrogen) atoms. The molecular formula is C30H33N3O8S2. The summed E-state index contributed by atoms with van der Waals surface area (Å²) in [4.78, 5) is 23.7. The normalized spacial score (nSPS) is 20.7. The zero-order valence-corrected chi connectivity index (χ0v) is 25.5. The summed E-state index contributed by atoms with van der Waals surface area (Å²) in [6, 6.07) is 12.7. The molecule has 228 valence electrons. The van der Waals surface area contributed by atoms with Crippen LogP contribution < -0.4 is 14.3 Å². The Hall–Kier alpha value is -3.94. The van der Waals surface area contributed by atoms with E-state index in [0.29, 0.717) is 29.6 Å². The van der Waals surface area contributed by atoms with Crippen molar-refractivity contribution in [3.8, 4) is 0 Å². The minimum atomic E-state index is -4.55. The lowest BCUT2D eigenvalue weighted by molar-refractivity contribution is -0.140. The smallest absolute Gasteiger partial charge is 0.321 e. The number of amides is 1. The summed E-state index contributed by atoms with van der Waals surface area (Å²) < 4.78 is 62.7. The van der Waals surface area contributed by atoms with E-state index in [1.165, 1.54) is 10.4 Å². The fourth-order valence-corrected chi connectivity index (χ4v) is 8.70. The highest BCUT2D eigenvalue weighted by Crippen LogP contribution is 2.38. The molecule has 1 aliphatic carbocycles. The molecule has 2 unspecified atom stereocenters. The third-order valence-electron chi connectivity index (χ3n) is 7.79. The fraction of sp³-hybridized carbons (Fsp3) is 0.333. The number of allylic oxidation sites excluding steroid dienone is 2. The zero-order chi connectivity index (χ0) is 31.2. The van der Waals surface area contributed by atoms with Crippen LogP contribution in [0.15, 0.2) is 71.2 Å². The highest BCUT2D eigenvalue weighted by Gasteiger charge is 2.47. The molecule has 2 heterocycles. The van der Waals surface area contributed by atoms with Crippen molar-refractivity contribution in [3.63, 3.8) is 0 Å². The van der Waals surface area contributed by atoms with Crippen LogP contribution in [0.1, 0.15) is 48.4 Å². The van der Waals surface area contributed by atoms with E-state index in [2.05, 4.69) is 10.0 Å². The Morgan fingerprint density at radius 1 is 1.09 bits per heavy atom. The molecule has 1 fully saturated rings. The summed E-state index contributed by atoms with van der Waals surface area (Å²) >= 11 is 0. The molecule has 1 aromatic heterocycles. The second-order valence-corrected chi connectivity index (χ2v) is 15.0. The van der Waals surface area contributed by atoms with Gasteiger partial charge in [-0.3, -0.25) is 13.9 Å². The number of aryl methyl sites for hydroxylation is 1. The van der Waals surface area contributed by atoms with Crippen LogP contribution >= 0.6 is 0 Å². The molecule has 2 atom stereocenters. The minimum Gasteiger partial charge on any atom is -0.480 e. The first-order valence-corrected chi connectivity index (χ1v) is 16.9. The predicted octanol–water partition coefficient (Wildman–Crippen LogP) is 3.78. The quantitative estimate of drug-likeness (QED) is 0.323. The average molecular weight is 628 g/mol. The number of hydrogen-bond donors (Lipinski definition) is 3. The summed E-state index contributed by atoms with van der Waals surface area (Å²) in [6.07, 6.45) is 4.85. The summed E-state index contributed by atoms with van der Waals surface area (Å²) in [5.74, 6) is -2.95. The fourth-order valence-electron chi connectivity index (χ4n) is 5.43. The van der Waals surface area contributed by atoms with Gasteiger partial charge < -0.3 is 14.8 Å². The SMILES string of the molecule is Cc1c(C(=O)NC2(S(=O)(=O)NC(C(=O)O)C(C)C)C=CC(c3ccccc3)=CC2)oc2cccc(N3CCCS3(=O)=O)c12. The Labute approximate surface area is 250 Å². The minimum absolute atomic E-state index is 0.0134. The molecule has 0 saturated carbocycles. The second kappa shape index (κ2) is 11.3. The van der Waals surface area contributed by atoms with Crippen molar-refractivity contribution in [2.75, 3.05) is 16.6 Å². The number of benzene rings is 2. The van der Waals surface area contributed by atoms with Gasteiger partial charge in [0, 0.05) is 23.9 Å². The van der Waals surface area contributed by atoms with Gasteiger partial charge in [0.05, 0.1) is 11.4 Å². The molecular weight excluding hydrogens is 594 g/mol. The lowest BCUT2D eigenvalue weighted by Gasteiger charge is -2.34. The van der Waals surface area contributed by atoms with Crippen molar-refractivity contribution in [3.05, 3.63) is 83.6 Å². The molecule has 1 amide bonds. The Morgan fingerprint density at radius 2 is 1.81 bits per heavy atom. The first-order chi connectivity index (χ1) is 20.3. The van der Waals surface area contributed by atoms with E-state index in [1.807, 2.05) is 30.3 Å². The standard InChI is InChI=1S/C30H33N3O8S2/c1-19(2)26(29(35)36)32-43(39,40)30(15-13-22(14-16-30)21-9-5-4-6-10-21)31-28(34)27-20(3)25-23(11-7-12-24(25)41-27)33-17-8-18-42(33,37)38/h4-7,9-15,19,26,32H,8,16-18H2,1-3H3,(H,31,34)(H,35,36). The maximum absolute atomic E-state index is 13.9. The lowest BCUT2D eigenvalue weighted by atomic mass is 9.96. The van der Waals surface area contributed by atoms with Gasteiger partial charge in [-0.2, -0.15) is 4.72 Å². The maximum atomic E-state index is 13.9. The van der Waals surface area contributed by atoms with Gasteiger partial charge >= 0.3 is 5.97 Å². The lowest BCUT2D eigenvalue weighted by Crippen LogP contribution is -2.60. The molecule has 3 N–H and O–H groups in total. The van der Waals surface area contributed by atoms with Gasteiger partial charge in [0.15, 0.2) is 10.6 Å². The molecule has 11 nitrogen and oxygen atoms in total. The largest absolute Gasteiger partial charge is 0.480 e. The van der Waals surface area contributed by atoms with Gasteiger partial charge in [0.25, 0.3) is 5.91 Å². The van der Waals surface area contributed by atoms with Gasteiger partial charge in [0.1, 0.15) is 11.6 Å². The van der Waals surface area contributed by atoms with E-state index >= 15 is 0 Å². The van der Waals surface area contributed by atoms with Crippen molar-refractivity contribution >= 4 is 54.2 Å². The van der Waals surface area contributed by atoms with E-state index < -0.39 is 48.8 Å². The molecule has 5 rings (SSSR count). The number of nitrogens with zero attached hydrogens (tertiary/aromatic N) is 1. The zero-order valence-electron chi connectivity index (χ0n) is 23.9. The maximum Gasteiger partial charge on any atom is 0.321 e. The number of rotatable bonds is 9. The number of furan rings is 1. The van der Waals surface area contributed by atoms with Crippen molar-refractivity contribution in [2.24, 2.45) is 5.92 Å². The number of fused-ring (bicyclic) bond motifs is 1. The number of carboxylic acids is 1. The van der Waals surface area contributed by atoms with Gasteiger partial charge in [-0.25, -0.2) is 16.8 Å². The van der Waals surface area contributed by atoms with Gasteiger partial charge in [-0.05, 0) is 48.6 Å². The number of sulfonamides is 2. The third kappa shape index (κ3) is 5.59. The van der Waals surface area contributed by atoms with E-state index in [9.17, 15) is 31.5 Å². The van der Waals surface area contributed by atoms with Gasteiger partial charge in [-0.15, -0.1) is 0 Å². The van der Waals surface area contributed by atoms with Crippen molar-refractivity contribution in [2.45, 2.75) is 44.5 Å². The van der Waals surface area contributed by atoms with Gasteiger partial charge in [0.2, 0.25) is 20.0 Å². The summed E-state index contributed by atoms with van der Waals surface area (Å²) in [6.45, 7) is 5.05. The van der Waals surface area contributed by atoms with E-state index in [1.54, 1.807) is 51.1 Å². The third-order valence-corrected chi connectivity index (χ3v) is 11.6. The Kier molecular flexibility index (Phi) is 8.01. The van der Waals surface area contributed by atoms with Crippen LogP contribution in [-0.2, 0) is 24.8 Å². The summed E-state index contributed by atoms with van der Waals surface area (Å²) in [5, 5.41) is 12.8. The number of carbonyl (C=O) groups excluding carboxylic acids is 1. The highest BCUT2D eigenvalue weighted by atomic mass is 32.2.